The number of nitrogens with one attached hydrogen (secondary N) is 2. The average molecular weight is 295 g/mol. The molecule has 2 aliphatic rings. The van der Waals surface area contributed by atoms with Gasteiger partial charge in [-0.2, -0.15) is 0 Å². The minimum absolute atomic E-state index is 0.114. The lowest BCUT2D eigenvalue weighted by molar-refractivity contribution is -0.123. The molecule has 3 rings (SSSR count). The first-order valence-corrected chi connectivity index (χ1v) is 6.30. The zero-order valence-electron chi connectivity index (χ0n) is 10.8. The number of hydrogen-bond donors (Lipinski definition) is 2. The highest BCUT2D eigenvalue weighted by molar-refractivity contribution is 6.08. The first-order chi connectivity index (χ1) is 9.93. The second-order valence-corrected chi connectivity index (χ2v) is 5.06. The van der Waals surface area contributed by atoms with Crippen molar-refractivity contribution in [2.75, 3.05) is 13.1 Å². The van der Waals surface area contributed by atoms with Gasteiger partial charge in [-0.25, -0.2) is 13.6 Å². The van der Waals surface area contributed by atoms with Crippen LogP contribution in [0.15, 0.2) is 18.2 Å². The summed E-state index contributed by atoms with van der Waals surface area (Å²) in [4.78, 5) is 36.3. The van der Waals surface area contributed by atoms with E-state index in [2.05, 4.69) is 10.6 Å². The summed E-state index contributed by atoms with van der Waals surface area (Å²) in [5, 5.41) is 4.56. The zero-order valence-corrected chi connectivity index (χ0v) is 10.8. The number of carbonyl (C=O) groups is 3. The SMILES string of the molecule is O=C1NC(=O)C2(CCN(C(=O)c3c(F)cccc3F)C2)N1. The van der Waals surface area contributed by atoms with Gasteiger partial charge in [-0.3, -0.25) is 14.9 Å². The van der Waals surface area contributed by atoms with Gasteiger partial charge in [0, 0.05) is 6.54 Å². The van der Waals surface area contributed by atoms with Crippen LogP contribution in [0.25, 0.3) is 0 Å². The van der Waals surface area contributed by atoms with Crippen LogP contribution in [0.4, 0.5) is 13.6 Å². The van der Waals surface area contributed by atoms with Crippen LogP contribution in [0.1, 0.15) is 16.8 Å². The highest BCUT2D eigenvalue weighted by atomic mass is 19.1. The molecule has 4 amide bonds. The van der Waals surface area contributed by atoms with Gasteiger partial charge < -0.3 is 10.2 Å². The fourth-order valence-corrected chi connectivity index (χ4v) is 2.66. The van der Waals surface area contributed by atoms with Crippen molar-refractivity contribution in [2.24, 2.45) is 0 Å². The molecule has 0 aromatic heterocycles. The predicted octanol–water partition coefficient (Wildman–Crippen LogP) is 0.389. The minimum Gasteiger partial charge on any atom is -0.335 e. The Morgan fingerprint density at radius 3 is 2.48 bits per heavy atom. The molecule has 110 valence electrons. The van der Waals surface area contributed by atoms with Crippen LogP contribution in [-0.4, -0.2) is 41.4 Å². The van der Waals surface area contributed by atoms with E-state index in [4.69, 9.17) is 0 Å². The third-order valence-electron chi connectivity index (χ3n) is 3.75. The zero-order chi connectivity index (χ0) is 15.2. The Kier molecular flexibility index (Phi) is 2.89. The fraction of sp³-hybridized carbons (Fsp3) is 0.308. The molecule has 2 fully saturated rings. The summed E-state index contributed by atoms with van der Waals surface area (Å²) < 4.78 is 27.3. The molecule has 2 N–H and O–H groups in total. The number of nitrogens with zero attached hydrogens (tertiary/aromatic N) is 1. The van der Waals surface area contributed by atoms with Crippen molar-refractivity contribution >= 4 is 17.8 Å². The maximum atomic E-state index is 13.6. The average Bonchev–Trinajstić information content (AvgIpc) is 2.94. The maximum absolute atomic E-state index is 13.6. The largest absolute Gasteiger partial charge is 0.335 e. The van der Waals surface area contributed by atoms with Gasteiger partial charge in [0.1, 0.15) is 22.7 Å². The minimum atomic E-state index is -1.20. The van der Waals surface area contributed by atoms with Gasteiger partial charge in [0.25, 0.3) is 11.8 Å². The first kappa shape index (κ1) is 13.5. The number of carbonyl (C=O) groups excluding carboxylic acids is 3. The van der Waals surface area contributed by atoms with Crippen molar-refractivity contribution in [1.82, 2.24) is 15.5 Å². The molecule has 2 aliphatic heterocycles. The molecule has 1 atom stereocenters. The van der Waals surface area contributed by atoms with Gasteiger partial charge in [-0.15, -0.1) is 0 Å². The summed E-state index contributed by atoms with van der Waals surface area (Å²) in [7, 11) is 0. The molecule has 2 saturated heterocycles. The monoisotopic (exact) mass is 295 g/mol. The second kappa shape index (κ2) is 4.51. The Labute approximate surface area is 118 Å². The topological polar surface area (TPSA) is 78.5 Å². The van der Waals surface area contributed by atoms with Crippen LogP contribution in [0.3, 0.4) is 0 Å². The van der Waals surface area contributed by atoms with Crippen LogP contribution in [-0.2, 0) is 4.79 Å². The number of halogens is 2. The fourth-order valence-electron chi connectivity index (χ4n) is 2.66. The number of imide groups is 1. The summed E-state index contributed by atoms with van der Waals surface area (Å²) in [5.41, 5.74) is -1.85. The lowest BCUT2D eigenvalue weighted by Crippen LogP contribution is -2.49. The normalized spacial score (nSPS) is 24.4. The van der Waals surface area contributed by atoms with Gasteiger partial charge in [-0.1, -0.05) is 6.07 Å². The number of likely N-dealkylation sites (tertiary alicyclic amines) is 1. The molecule has 21 heavy (non-hydrogen) atoms. The summed E-state index contributed by atoms with van der Waals surface area (Å²) in [6.07, 6.45) is 0.201. The predicted molar refractivity (Wildman–Crippen MR) is 66.3 cm³/mol. The molecule has 8 heteroatoms. The molecule has 2 heterocycles. The molecule has 6 nitrogen and oxygen atoms in total. The quantitative estimate of drug-likeness (QED) is 0.736. The van der Waals surface area contributed by atoms with Gasteiger partial charge >= 0.3 is 6.03 Å². The van der Waals surface area contributed by atoms with Crippen LogP contribution in [0.2, 0.25) is 0 Å². The van der Waals surface area contributed by atoms with Crippen LogP contribution >= 0.6 is 0 Å². The van der Waals surface area contributed by atoms with E-state index in [9.17, 15) is 23.2 Å². The van der Waals surface area contributed by atoms with E-state index in [1.165, 1.54) is 0 Å². The van der Waals surface area contributed by atoms with Crippen molar-refractivity contribution in [3.8, 4) is 0 Å². The lowest BCUT2D eigenvalue weighted by Gasteiger charge is -2.21. The highest BCUT2D eigenvalue weighted by Gasteiger charge is 2.52. The number of benzene rings is 1. The Bertz CT molecular complexity index is 644. The highest BCUT2D eigenvalue weighted by Crippen LogP contribution is 2.27. The number of rotatable bonds is 1. The summed E-state index contributed by atoms with van der Waals surface area (Å²) >= 11 is 0. The third kappa shape index (κ3) is 2.03. The van der Waals surface area contributed by atoms with E-state index in [0.29, 0.717) is 0 Å². The van der Waals surface area contributed by atoms with E-state index in [-0.39, 0.29) is 19.5 Å². The van der Waals surface area contributed by atoms with Gasteiger partial charge in [0.15, 0.2) is 0 Å². The van der Waals surface area contributed by atoms with Crippen LogP contribution in [0.5, 0.6) is 0 Å². The number of amides is 4. The molecule has 1 unspecified atom stereocenters. The molecular formula is C13H11F2N3O3. The van der Waals surface area contributed by atoms with Crippen LogP contribution < -0.4 is 10.6 Å². The van der Waals surface area contributed by atoms with E-state index < -0.39 is 40.6 Å². The van der Waals surface area contributed by atoms with E-state index >= 15 is 0 Å². The van der Waals surface area contributed by atoms with Crippen molar-refractivity contribution in [1.29, 1.82) is 0 Å². The Morgan fingerprint density at radius 1 is 1.24 bits per heavy atom. The summed E-state index contributed by atoms with van der Waals surface area (Å²) in [5.74, 6) is -3.28. The van der Waals surface area contributed by atoms with Gasteiger partial charge in [0.2, 0.25) is 0 Å². The number of urea groups is 1. The lowest BCUT2D eigenvalue weighted by atomic mass is 9.99. The maximum Gasteiger partial charge on any atom is 0.322 e. The number of hydrogen-bond acceptors (Lipinski definition) is 3. The standard InChI is InChI=1S/C13H11F2N3O3/c14-7-2-1-3-8(15)9(7)10(19)18-5-4-13(6-18)11(20)16-12(21)17-13/h1-3H,4-6H2,(H2,16,17,20,21). The summed E-state index contributed by atoms with van der Waals surface area (Å²) in [6.45, 7) is 0.0114. The van der Waals surface area contributed by atoms with Crippen molar-refractivity contribution in [3.05, 3.63) is 35.4 Å². The first-order valence-electron chi connectivity index (χ1n) is 6.30. The molecule has 0 aliphatic carbocycles. The van der Waals surface area contributed by atoms with E-state index in [0.717, 1.165) is 23.1 Å². The molecule has 0 saturated carbocycles. The molecule has 1 spiro atoms. The van der Waals surface area contributed by atoms with Gasteiger partial charge in [0.05, 0.1) is 6.54 Å². The Balaban J connectivity index is 1.85. The molecule has 0 bridgehead atoms. The van der Waals surface area contributed by atoms with E-state index in [1.54, 1.807) is 0 Å². The van der Waals surface area contributed by atoms with Crippen LogP contribution in [0, 0.1) is 11.6 Å². The van der Waals surface area contributed by atoms with Crippen molar-refractivity contribution in [2.45, 2.75) is 12.0 Å². The molecule has 1 aromatic rings. The Hall–Kier alpha value is -2.51. The molecular weight excluding hydrogens is 284 g/mol. The van der Waals surface area contributed by atoms with Crippen molar-refractivity contribution in [3.63, 3.8) is 0 Å². The smallest absolute Gasteiger partial charge is 0.322 e. The molecule has 0 radical (unpaired) electrons. The van der Waals surface area contributed by atoms with Gasteiger partial charge in [-0.05, 0) is 18.6 Å². The van der Waals surface area contributed by atoms with E-state index in [1.807, 2.05) is 0 Å². The molecule has 1 aromatic carbocycles. The third-order valence-corrected chi connectivity index (χ3v) is 3.75. The summed E-state index contributed by atoms with van der Waals surface area (Å²) in [6, 6.07) is 2.52. The second-order valence-electron chi connectivity index (χ2n) is 5.06. The van der Waals surface area contributed by atoms with Crippen molar-refractivity contribution < 1.29 is 23.2 Å². The Morgan fingerprint density at radius 2 is 1.90 bits per heavy atom.